The Kier molecular flexibility index (Phi) is 2.68. The van der Waals surface area contributed by atoms with Crippen LogP contribution in [-0.2, 0) is 6.42 Å². The molecule has 6 heteroatoms. The summed E-state index contributed by atoms with van der Waals surface area (Å²) in [5, 5.41) is 19.5. The molecule has 3 nitrogen and oxygen atoms in total. The highest BCUT2D eigenvalue weighted by Gasteiger charge is 2.45. The molecule has 1 aromatic heterocycles. The zero-order valence-corrected chi connectivity index (χ0v) is 10.4. The van der Waals surface area contributed by atoms with Crippen molar-refractivity contribution >= 4 is 10.9 Å². The van der Waals surface area contributed by atoms with E-state index in [4.69, 9.17) is 5.26 Å². The molecule has 0 radical (unpaired) electrons. The summed E-state index contributed by atoms with van der Waals surface area (Å²) in [5.41, 5.74) is 1.13. The molecule has 0 bridgehead atoms. The van der Waals surface area contributed by atoms with Gasteiger partial charge in [-0.3, -0.25) is 0 Å². The van der Waals surface area contributed by atoms with E-state index in [1.165, 1.54) is 12.1 Å². The minimum Gasteiger partial charge on any atom is -0.428 e. The molecule has 1 aromatic carbocycles. The summed E-state index contributed by atoms with van der Waals surface area (Å²) in [6.45, 7) is 0. The Hall–Kier alpha value is -2.16. The summed E-state index contributed by atoms with van der Waals surface area (Å²) in [6.07, 6.45) is -3.48. The van der Waals surface area contributed by atoms with Crippen LogP contribution in [0.4, 0.5) is 13.2 Å². The van der Waals surface area contributed by atoms with Crippen molar-refractivity contribution in [2.45, 2.75) is 31.4 Å². The molecule has 20 heavy (non-hydrogen) atoms. The van der Waals surface area contributed by atoms with Gasteiger partial charge < -0.3 is 5.21 Å². The molecule has 0 amide bonds. The molecule has 2 aromatic rings. The van der Waals surface area contributed by atoms with Gasteiger partial charge >= 0.3 is 6.18 Å². The molecular weight excluding hydrogens is 269 g/mol. The minimum atomic E-state index is -4.37. The topological polar surface area (TPSA) is 49.0 Å². The summed E-state index contributed by atoms with van der Waals surface area (Å²) in [5.74, 6) is -1.64. The molecular formula is C14H11F3N2O. The van der Waals surface area contributed by atoms with E-state index in [9.17, 15) is 18.4 Å². The van der Waals surface area contributed by atoms with Gasteiger partial charge in [-0.2, -0.15) is 23.2 Å². The van der Waals surface area contributed by atoms with Crippen LogP contribution in [0, 0.1) is 11.3 Å². The second-order valence-electron chi connectivity index (χ2n) is 5.01. The number of hydrogen-bond donors (Lipinski definition) is 1. The van der Waals surface area contributed by atoms with E-state index in [1.807, 2.05) is 6.07 Å². The number of halogens is 3. The van der Waals surface area contributed by atoms with Crippen molar-refractivity contribution < 1.29 is 18.4 Å². The van der Waals surface area contributed by atoms with Crippen molar-refractivity contribution in [2.75, 3.05) is 0 Å². The molecule has 1 atom stereocenters. The quantitative estimate of drug-likeness (QED) is 0.747. The van der Waals surface area contributed by atoms with Crippen LogP contribution < -0.4 is 0 Å². The van der Waals surface area contributed by atoms with E-state index in [0.29, 0.717) is 39.6 Å². The summed E-state index contributed by atoms with van der Waals surface area (Å²) in [4.78, 5) is 0. The maximum atomic E-state index is 13.1. The normalized spacial score (nSPS) is 18.8. The van der Waals surface area contributed by atoms with E-state index >= 15 is 0 Å². The number of benzene rings is 1. The Morgan fingerprint density at radius 3 is 2.75 bits per heavy atom. The zero-order chi connectivity index (χ0) is 14.5. The highest BCUT2D eigenvalue weighted by atomic mass is 19.4. The Bertz CT molecular complexity index is 725. The predicted octanol–water partition coefficient (Wildman–Crippen LogP) is 3.73. The van der Waals surface area contributed by atoms with Crippen LogP contribution in [0.25, 0.3) is 10.9 Å². The number of alkyl halides is 3. The first kappa shape index (κ1) is 12.9. The Balaban J connectivity index is 2.30. The fraction of sp³-hybridized carbons (Fsp3) is 0.357. The fourth-order valence-corrected chi connectivity index (χ4v) is 2.99. The average molecular weight is 280 g/mol. The van der Waals surface area contributed by atoms with Gasteiger partial charge in [0.25, 0.3) is 0 Å². The average Bonchev–Trinajstić information content (AvgIpc) is 2.71. The number of aryl methyl sites for hydroxylation is 1. The molecule has 0 saturated carbocycles. The lowest BCUT2D eigenvalue weighted by atomic mass is 9.86. The highest BCUT2D eigenvalue weighted by molar-refractivity contribution is 5.87. The molecule has 1 N–H and O–H groups in total. The Morgan fingerprint density at radius 2 is 2.10 bits per heavy atom. The van der Waals surface area contributed by atoms with Gasteiger partial charge in [-0.1, -0.05) is 0 Å². The zero-order valence-electron chi connectivity index (χ0n) is 10.4. The van der Waals surface area contributed by atoms with Gasteiger partial charge in [0.15, 0.2) is 0 Å². The van der Waals surface area contributed by atoms with E-state index in [1.54, 1.807) is 6.07 Å². The summed E-state index contributed by atoms with van der Waals surface area (Å²) in [6, 6.07) is 6.48. The first-order valence-corrected chi connectivity index (χ1v) is 6.26. The van der Waals surface area contributed by atoms with Crippen molar-refractivity contribution in [3.8, 4) is 6.07 Å². The van der Waals surface area contributed by atoms with Gasteiger partial charge in [0, 0.05) is 5.39 Å². The maximum Gasteiger partial charge on any atom is 0.397 e. The highest BCUT2D eigenvalue weighted by Crippen LogP contribution is 2.45. The molecule has 0 fully saturated rings. The second kappa shape index (κ2) is 4.17. The van der Waals surface area contributed by atoms with Gasteiger partial charge in [0.2, 0.25) is 0 Å². The summed E-state index contributed by atoms with van der Waals surface area (Å²) < 4.78 is 39.9. The molecule has 1 aliphatic rings. The van der Waals surface area contributed by atoms with Gasteiger partial charge in [-0.15, -0.1) is 0 Å². The van der Waals surface area contributed by atoms with Crippen LogP contribution in [0.5, 0.6) is 0 Å². The van der Waals surface area contributed by atoms with Gasteiger partial charge in [-0.05, 0) is 43.0 Å². The van der Waals surface area contributed by atoms with Crippen LogP contribution in [0.15, 0.2) is 18.2 Å². The van der Waals surface area contributed by atoms with E-state index in [-0.39, 0.29) is 12.1 Å². The smallest absolute Gasteiger partial charge is 0.397 e. The second-order valence-corrected chi connectivity index (χ2v) is 5.01. The van der Waals surface area contributed by atoms with Crippen LogP contribution >= 0.6 is 0 Å². The van der Waals surface area contributed by atoms with Crippen LogP contribution in [0.2, 0.25) is 0 Å². The first-order valence-electron chi connectivity index (χ1n) is 6.26. The van der Waals surface area contributed by atoms with Crippen LogP contribution in [0.3, 0.4) is 0 Å². The van der Waals surface area contributed by atoms with Crippen molar-refractivity contribution in [1.82, 2.24) is 4.73 Å². The molecule has 3 rings (SSSR count). The third kappa shape index (κ3) is 1.73. The van der Waals surface area contributed by atoms with Crippen molar-refractivity contribution in [3.05, 3.63) is 35.0 Å². The number of fused-ring (bicyclic) bond motifs is 3. The van der Waals surface area contributed by atoms with E-state index < -0.39 is 12.1 Å². The number of rotatable bonds is 0. The number of aromatic nitrogens is 1. The number of hydrogen-bond acceptors (Lipinski definition) is 2. The summed E-state index contributed by atoms with van der Waals surface area (Å²) >= 11 is 0. The Labute approximate surface area is 112 Å². The molecule has 104 valence electrons. The molecule has 0 aliphatic heterocycles. The van der Waals surface area contributed by atoms with E-state index in [0.717, 1.165) is 0 Å². The van der Waals surface area contributed by atoms with Crippen molar-refractivity contribution in [3.63, 3.8) is 0 Å². The summed E-state index contributed by atoms with van der Waals surface area (Å²) in [7, 11) is 0. The predicted molar refractivity (Wildman–Crippen MR) is 65.6 cm³/mol. The van der Waals surface area contributed by atoms with Gasteiger partial charge in [0.1, 0.15) is 0 Å². The third-order valence-corrected chi connectivity index (χ3v) is 3.86. The lowest BCUT2D eigenvalue weighted by Crippen LogP contribution is -2.26. The standard InChI is InChI=1S/C14H11F3N2O/c15-14(16,17)11-3-1-2-9-10-6-8(7-18)4-5-12(10)19(20)13(9)11/h4-6,11,20H,1-3H2. The van der Waals surface area contributed by atoms with Crippen molar-refractivity contribution in [1.29, 1.82) is 5.26 Å². The van der Waals surface area contributed by atoms with Gasteiger partial charge in [0.05, 0.1) is 28.8 Å². The SMILES string of the molecule is N#Cc1ccc2c(c1)c1c(n2O)C(C(F)(F)F)CCC1. The monoisotopic (exact) mass is 280 g/mol. The molecule has 1 aliphatic carbocycles. The van der Waals surface area contributed by atoms with Crippen LogP contribution in [-0.4, -0.2) is 16.1 Å². The van der Waals surface area contributed by atoms with Crippen LogP contribution in [0.1, 0.15) is 35.6 Å². The fourth-order valence-electron chi connectivity index (χ4n) is 2.99. The molecule has 0 spiro atoms. The lowest BCUT2D eigenvalue weighted by Gasteiger charge is -2.25. The van der Waals surface area contributed by atoms with E-state index in [2.05, 4.69) is 0 Å². The minimum absolute atomic E-state index is 0.0154. The van der Waals surface area contributed by atoms with Crippen molar-refractivity contribution in [2.24, 2.45) is 0 Å². The number of nitriles is 1. The Morgan fingerprint density at radius 1 is 1.35 bits per heavy atom. The molecule has 0 saturated heterocycles. The number of nitrogens with zero attached hydrogens (tertiary/aromatic N) is 2. The first-order chi connectivity index (χ1) is 9.43. The molecule has 1 unspecified atom stereocenters. The molecule has 1 heterocycles. The van der Waals surface area contributed by atoms with Gasteiger partial charge in [-0.25, -0.2) is 0 Å². The maximum absolute atomic E-state index is 13.1. The third-order valence-electron chi connectivity index (χ3n) is 3.86. The largest absolute Gasteiger partial charge is 0.428 e. The lowest BCUT2D eigenvalue weighted by molar-refractivity contribution is -0.156.